The molecule has 0 unspecified atom stereocenters. The molecule has 6 rings (SSSR count). The average Bonchev–Trinajstić information content (AvgIpc) is 3.29. The Morgan fingerprint density at radius 3 is 2.44 bits per heavy atom. The monoisotopic (exact) mass is 487 g/mol. The summed E-state index contributed by atoms with van der Waals surface area (Å²) in [5.74, 6) is 0.684. The molecular weight excluding hydrogens is 465 g/mol. The zero-order valence-corrected chi connectivity index (χ0v) is 20.4. The van der Waals surface area contributed by atoms with Crippen LogP contribution in [0.25, 0.3) is 10.8 Å². The number of hydrazone groups is 1. The van der Waals surface area contributed by atoms with Crippen molar-refractivity contribution in [2.75, 3.05) is 19.0 Å². The van der Waals surface area contributed by atoms with Crippen molar-refractivity contribution < 1.29 is 4.74 Å². The molecule has 0 aliphatic carbocycles. The smallest absolute Gasteiger partial charge is 0.213 e. The van der Waals surface area contributed by atoms with Gasteiger partial charge in [0.1, 0.15) is 5.75 Å². The Morgan fingerprint density at radius 1 is 0.912 bits per heavy atom. The van der Waals surface area contributed by atoms with Crippen molar-refractivity contribution >= 4 is 45.4 Å². The molecule has 0 amide bonds. The summed E-state index contributed by atoms with van der Waals surface area (Å²) < 4.78 is 6.49. The Labute approximate surface area is 209 Å². The highest BCUT2D eigenvalue weighted by Crippen LogP contribution is 2.51. The lowest BCUT2D eigenvalue weighted by atomic mass is 9.95. The molecular formula is C28H23Cl2N3O. The summed E-state index contributed by atoms with van der Waals surface area (Å²) in [6.07, 6.45) is 0.364. The Hall–Kier alpha value is -3.21. The number of nitrogens with zero attached hydrogens (tertiary/aromatic N) is 3. The van der Waals surface area contributed by atoms with E-state index in [1.165, 1.54) is 10.8 Å². The van der Waals surface area contributed by atoms with Crippen LogP contribution in [0.3, 0.4) is 0 Å². The fourth-order valence-electron chi connectivity index (χ4n) is 4.81. The van der Waals surface area contributed by atoms with Crippen LogP contribution >= 0.6 is 23.2 Å². The minimum absolute atomic E-state index is 0.0139. The Bertz CT molecular complexity index is 1430. The second-order valence-corrected chi connectivity index (χ2v) is 9.81. The summed E-state index contributed by atoms with van der Waals surface area (Å²) in [6, 6.07) is 26.9. The normalized spacial score (nSPS) is 18.8. The third kappa shape index (κ3) is 3.58. The minimum atomic E-state index is -0.384. The molecule has 6 heteroatoms. The molecule has 0 bridgehead atoms. The van der Waals surface area contributed by atoms with Gasteiger partial charge in [-0.1, -0.05) is 71.7 Å². The molecule has 0 aromatic heterocycles. The molecule has 4 aromatic rings. The van der Waals surface area contributed by atoms with E-state index in [0.717, 1.165) is 34.5 Å². The average molecular weight is 488 g/mol. The number of rotatable bonds is 3. The van der Waals surface area contributed by atoms with Crippen molar-refractivity contribution in [1.29, 1.82) is 0 Å². The number of hydrogen-bond donors (Lipinski definition) is 0. The third-order valence-electron chi connectivity index (χ3n) is 6.59. The quantitative estimate of drug-likeness (QED) is 0.300. The van der Waals surface area contributed by atoms with Crippen molar-refractivity contribution in [3.63, 3.8) is 0 Å². The first kappa shape index (κ1) is 21.3. The first-order valence-corrected chi connectivity index (χ1v) is 12.0. The molecule has 4 nitrogen and oxygen atoms in total. The standard InChI is InChI=1S/C28H23Cl2N3O/c1-32(2)22-11-9-18(10-12-22)28-33-26(23-14-21(29)15-24(30)27(23)34-28)16-25(31-33)20-8-7-17-5-3-4-6-19(17)13-20/h3-15,26,28H,16H2,1-2H3/t26-,28+/m0/s1. The molecule has 2 aliphatic rings. The van der Waals surface area contributed by atoms with Gasteiger partial charge < -0.3 is 9.64 Å². The summed E-state index contributed by atoms with van der Waals surface area (Å²) in [7, 11) is 4.06. The van der Waals surface area contributed by atoms with Gasteiger partial charge in [-0.05, 0) is 46.7 Å². The lowest BCUT2D eigenvalue weighted by Gasteiger charge is -2.38. The van der Waals surface area contributed by atoms with Crippen molar-refractivity contribution in [2.24, 2.45) is 5.10 Å². The molecule has 170 valence electrons. The predicted molar refractivity (Wildman–Crippen MR) is 140 cm³/mol. The predicted octanol–water partition coefficient (Wildman–Crippen LogP) is 7.45. The Kier molecular flexibility index (Phi) is 5.16. The summed E-state index contributed by atoms with van der Waals surface area (Å²) in [4.78, 5) is 2.08. The number of hydrogen-bond acceptors (Lipinski definition) is 4. The first-order chi connectivity index (χ1) is 16.5. The van der Waals surface area contributed by atoms with Gasteiger partial charge in [0.15, 0.2) is 0 Å². The van der Waals surface area contributed by atoms with Crippen LogP contribution in [0.5, 0.6) is 5.75 Å². The summed E-state index contributed by atoms with van der Waals surface area (Å²) in [5.41, 5.74) is 5.26. The van der Waals surface area contributed by atoms with E-state index in [9.17, 15) is 0 Å². The summed E-state index contributed by atoms with van der Waals surface area (Å²) >= 11 is 13.0. The number of halogens is 2. The van der Waals surface area contributed by atoms with Gasteiger partial charge in [-0.15, -0.1) is 0 Å². The summed E-state index contributed by atoms with van der Waals surface area (Å²) in [5, 5.41) is 10.7. The number of anilines is 1. The second kappa shape index (κ2) is 8.23. The van der Waals surface area contributed by atoms with Crippen molar-refractivity contribution in [3.8, 4) is 5.75 Å². The third-order valence-corrected chi connectivity index (χ3v) is 7.08. The molecule has 0 radical (unpaired) electrons. The van der Waals surface area contributed by atoms with E-state index in [1.54, 1.807) is 6.07 Å². The van der Waals surface area contributed by atoms with Gasteiger partial charge >= 0.3 is 0 Å². The topological polar surface area (TPSA) is 28.1 Å². The van der Waals surface area contributed by atoms with E-state index in [4.69, 9.17) is 33.0 Å². The largest absolute Gasteiger partial charge is 0.463 e. The lowest BCUT2D eigenvalue weighted by Crippen LogP contribution is -2.33. The van der Waals surface area contributed by atoms with Gasteiger partial charge in [-0.25, -0.2) is 5.01 Å². The van der Waals surface area contributed by atoms with E-state index < -0.39 is 0 Å². The molecule has 0 saturated heterocycles. The van der Waals surface area contributed by atoms with Crippen molar-refractivity contribution in [3.05, 3.63) is 106 Å². The maximum absolute atomic E-state index is 6.60. The highest BCUT2D eigenvalue weighted by atomic mass is 35.5. The van der Waals surface area contributed by atoms with E-state index in [2.05, 4.69) is 76.6 Å². The SMILES string of the molecule is CN(C)c1ccc([C@H]2Oc3c(Cl)cc(Cl)cc3[C@@H]3CC(c4ccc5ccccc5c4)=NN23)cc1. The lowest BCUT2D eigenvalue weighted by molar-refractivity contribution is -0.0189. The van der Waals surface area contributed by atoms with Gasteiger partial charge in [0.25, 0.3) is 0 Å². The van der Waals surface area contributed by atoms with Gasteiger partial charge in [-0.3, -0.25) is 0 Å². The van der Waals surface area contributed by atoms with E-state index in [-0.39, 0.29) is 12.3 Å². The molecule has 2 heterocycles. The maximum atomic E-state index is 6.60. The molecule has 4 aromatic carbocycles. The van der Waals surface area contributed by atoms with Crippen LogP contribution < -0.4 is 9.64 Å². The van der Waals surface area contributed by atoms with Crippen LogP contribution in [0, 0.1) is 0 Å². The summed E-state index contributed by atoms with van der Waals surface area (Å²) in [6.45, 7) is 0. The fourth-order valence-corrected chi connectivity index (χ4v) is 5.37. The van der Waals surface area contributed by atoms with Crippen LogP contribution in [-0.2, 0) is 0 Å². The molecule has 0 spiro atoms. The maximum Gasteiger partial charge on any atom is 0.213 e. The van der Waals surface area contributed by atoms with E-state index in [0.29, 0.717) is 15.8 Å². The molecule has 2 aliphatic heterocycles. The first-order valence-electron chi connectivity index (χ1n) is 11.3. The van der Waals surface area contributed by atoms with Gasteiger partial charge in [0.2, 0.25) is 6.23 Å². The van der Waals surface area contributed by atoms with Gasteiger partial charge in [0, 0.05) is 42.4 Å². The van der Waals surface area contributed by atoms with Gasteiger partial charge in [-0.2, -0.15) is 5.10 Å². The van der Waals surface area contributed by atoms with Crippen molar-refractivity contribution in [2.45, 2.75) is 18.7 Å². The Morgan fingerprint density at radius 2 is 1.68 bits per heavy atom. The molecule has 0 fully saturated rings. The van der Waals surface area contributed by atoms with Crippen LogP contribution in [0.4, 0.5) is 5.69 Å². The van der Waals surface area contributed by atoms with Crippen molar-refractivity contribution in [1.82, 2.24) is 5.01 Å². The molecule has 0 saturated carbocycles. The highest BCUT2D eigenvalue weighted by Gasteiger charge is 2.42. The Balaban J connectivity index is 1.45. The zero-order chi connectivity index (χ0) is 23.4. The zero-order valence-electron chi connectivity index (χ0n) is 18.9. The van der Waals surface area contributed by atoms with Gasteiger partial charge in [0.05, 0.1) is 16.8 Å². The van der Waals surface area contributed by atoms with E-state index >= 15 is 0 Å². The number of ether oxygens (including phenoxy) is 1. The molecule has 0 N–H and O–H groups in total. The molecule has 2 atom stereocenters. The number of benzene rings is 4. The van der Waals surface area contributed by atoms with Crippen LogP contribution in [0.2, 0.25) is 10.0 Å². The van der Waals surface area contributed by atoms with Crippen LogP contribution in [0.15, 0.2) is 84.0 Å². The number of fused-ring (bicyclic) bond motifs is 4. The van der Waals surface area contributed by atoms with E-state index in [1.807, 2.05) is 20.2 Å². The highest BCUT2D eigenvalue weighted by molar-refractivity contribution is 6.35. The second-order valence-electron chi connectivity index (χ2n) is 8.97. The minimum Gasteiger partial charge on any atom is -0.463 e. The fraction of sp³-hybridized carbons (Fsp3) is 0.179. The van der Waals surface area contributed by atoms with Crippen LogP contribution in [0.1, 0.15) is 35.4 Å². The molecule has 34 heavy (non-hydrogen) atoms. The van der Waals surface area contributed by atoms with Crippen LogP contribution in [-0.4, -0.2) is 24.8 Å².